The molecule has 19 heavy (non-hydrogen) atoms. The van der Waals surface area contributed by atoms with Gasteiger partial charge < -0.3 is 10.1 Å². The van der Waals surface area contributed by atoms with Crippen LogP contribution < -0.4 is 10.1 Å². The van der Waals surface area contributed by atoms with Crippen molar-refractivity contribution in [1.29, 1.82) is 0 Å². The molecule has 0 heterocycles. The predicted molar refractivity (Wildman–Crippen MR) is 85.8 cm³/mol. The number of aryl methyl sites for hydroxylation is 1. The topological polar surface area (TPSA) is 21.3 Å². The van der Waals surface area contributed by atoms with Crippen LogP contribution in [0.4, 0.5) is 0 Å². The van der Waals surface area contributed by atoms with Crippen molar-refractivity contribution in [2.24, 2.45) is 5.41 Å². The lowest BCUT2D eigenvalue weighted by Gasteiger charge is -2.20. The fraction of sp³-hybridized carbons (Fsp3) is 0.625. The van der Waals surface area contributed by atoms with E-state index >= 15 is 0 Å². The van der Waals surface area contributed by atoms with Crippen molar-refractivity contribution < 1.29 is 4.74 Å². The first-order chi connectivity index (χ1) is 8.83. The molecule has 3 heteroatoms. The van der Waals surface area contributed by atoms with Crippen LogP contribution in [0, 0.1) is 12.3 Å². The van der Waals surface area contributed by atoms with E-state index < -0.39 is 0 Å². The normalized spacial score (nSPS) is 11.7. The summed E-state index contributed by atoms with van der Waals surface area (Å²) in [6, 6.07) is 4.25. The van der Waals surface area contributed by atoms with Crippen LogP contribution in [0.25, 0.3) is 0 Å². The number of halogens is 1. The molecule has 1 rings (SSSR count). The Bertz CT molecular complexity index is 410. The van der Waals surface area contributed by atoms with E-state index in [4.69, 9.17) is 4.74 Å². The van der Waals surface area contributed by atoms with E-state index in [0.717, 1.165) is 36.3 Å². The molecule has 0 fully saturated rings. The zero-order chi connectivity index (χ0) is 14.5. The molecule has 0 bridgehead atoms. The molecule has 1 aromatic carbocycles. The maximum absolute atomic E-state index is 6.04. The molecule has 0 amide bonds. The molecule has 0 atom stereocenters. The Kier molecular flexibility index (Phi) is 6.34. The van der Waals surface area contributed by atoms with Crippen LogP contribution in [0.3, 0.4) is 0 Å². The van der Waals surface area contributed by atoms with Gasteiger partial charge in [0, 0.05) is 16.6 Å². The average molecular weight is 328 g/mol. The quantitative estimate of drug-likeness (QED) is 0.818. The molecule has 1 aromatic rings. The lowest BCUT2D eigenvalue weighted by Crippen LogP contribution is -2.15. The second-order valence-electron chi connectivity index (χ2n) is 6.15. The molecule has 0 aliphatic heterocycles. The fourth-order valence-corrected chi connectivity index (χ4v) is 2.48. The molecule has 2 nitrogen and oxygen atoms in total. The van der Waals surface area contributed by atoms with Gasteiger partial charge in [-0.3, -0.25) is 0 Å². The molecule has 108 valence electrons. The molecule has 0 radical (unpaired) electrons. The second kappa shape index (κ2) is 7.30. The standard InChI is InChI=1S/C16H26BrNO/c1-6-18-11-13-10-14(17)9-12(2)15(13)19-8-7-16(3,4)5/h9-10,18H,6-8,11H2,1-5H3. The first kappa shape index (κ1) is 16.5. The molecule has 0 saturated carbocycles. The molecule has 0 aliphatic carbocycles. The van der Waals surface area contributed by atoms with E-state index in [1.54, 1.807) is 0 Å². The minimum Gasteiger partial charge on any atom is -0.493 e. The molecule has 1 N–H and O–H groups in total. The van der Waals surface area contributed by atoms with Gasteiger partial charge in [0.2, 0.25) is 0 Å². The Balaban J connectivity index is 2.79. The Morgan fingerprint density at radius 1 is 1.26 bits per heavy atom. The maximum atomic E-state index is 6.04. The lowest BCUT2D eigenvalue weighted by molar-refractivity contribution is 0.240. The van der Waals surface area contributed by atoms with Gasteiger partial charge in [0.15, 0.2) is 0 Å². The van der Waals surface area contributed by atoms with Crippen molar-refractivity contribution in [2.75, 3.05) is 13.2 Å². The van der Waals surface area contributed by atoms with Crippen LogP contribution in [0.1, 0.15) is 45.2 Å². The Morgan fingerprint density at radius 2 is 1.95 bits per heavy atom. The van der Waals surface area contributed by atoms with Gasteiger partial charge in [0.1, 0.15) is 5.75 Å². The summed E-state index contributed by atoms with van der Waals surface area (Å²) in [4.78, 5) is 0. The van der Waals surface area contributed by atoms with Gasteiger partial charge in [-0.1, -0.05) is 43.6 Å². The summed E-state index contributed by atoms with van der Waals surface area (Å²) in [6.07, 6.45) is 1.06. The summed E-state index contributed by atoms with van der Waals surface area (Å²) in [5.41, 5.74) is 2.73. The monoisotopic (exact) mass is 327 g/mol. The molecule has 0 aromatic heterocycles. The van der Waals surface area contributed by atoms with E-state index in [1.165, 1.54) is 11.1 Å². The molecule has 0 aliphatic rings. The van der Waals surface area contributed by atoms with Crippen LogP contribution in [-0.4, -0.2) is 13.2 Å². The zero-order valence-electron chi connectivity index (χ0n) is 12.8. The van der Waals surface area contributed by atoms with Crippen molar-refractivity contribution >= 4 is 15.9 Å². The SMILES string of the molecule is CCNCc1cc(Br)cc(C)c1OCCC(C)(C)C. The fourth-order valence-electron chi connectivity index (χ4n) is 1.86. The zero-order valence-corrected chi connectivity index (χ0v) is 14.4. The number of ether oxygens (including phenoxy) is 1. The highest BCUT2D eigenvalue weighted by Crippen LogP contribution is 2.29. The van der Waals surface area contributed by atoms with Crippen molar-refractivity contribution in [3.63, 3.8) is 0 Å². The highest BCUT2D eigenvalue weighted by Gasteiger charge is 2.13. The van der Waals surface area contributed by atoms with Gasteiger partial charge in [0.05, 0.1) is 6.61 Å². The van der Waals surface area contributed by atoms with Crippen LogP contribution in [-0.2, 0) is 6.54 Å². The van der Waals surface area contributed by atoms with Crippen molar-refractivity contribution in [3.05, 3.63) is 27.7 Å². The van der Waals surface area contributed by atoms with Crippen molar-refractivity contribution in [2.45, 2.75) is 47.6 Å². The van der Waals surface area contributed by atoms with E-state index in [9.17, 15) is 0 Å². The van der Waals surface area contributed by atoms with Crippen LogP contribution in [0.15, 0.2) is 16.6 Å². The Labute approximate surface area is 126 Å². The van der Waals surface area contributed by atoms with Crippen LogP contribution in [0.5, 0.6) is 5.75 Å². The number of hydrogen-bond acceptors (Lipinski definition) is 2. The number of benzene rings is 1. The maximum Gasteiger partial charge on any atom is 0.126 e. The van der Waals surface area contributed by atoms with Gasteiger partial charge >= 0.3 is 0 Å². The number of rotatable bonds is 6. The summed E-state index contributed by atoms with van der Waals surface area (Å²) < 4.78 is 7.15. The number of hydrogen-bond donors (Lipinski definition) is 1. The second-order valence-corrected chi connectivity index (χ2v) is 7.07. The molecule has 0 unspecified atom stereocenters. The summed E-state index contributed by atoms with van der Waals surface area (Å²) in [5, 5.41) is 3.37. The first-order valence-electron chi connectivity index (χ1n) is 6.96. The predicted octanol–water partition coefficient (Wildman–Crippen LogP) is 4.68. The largest absolute Gasteiger partial charge is 0.493 e. The Morgan fingerprint density at radius 3 is 2.53 bits per heavy atom. The highest BCUT2D eigenvalue weighted by molar-refractivity contribution is 9.10. The lowest BCUT2D eigenvalue weighted by atomic mass is 9.93. The molecule has 0 spiro atoms. The average Bonchev–Trinajstić information content (AvgIpc) is 2.27. The highest BCUT2D eigenvalue weighted by atomic mass is 79.9. The minimum absolute atomic E-state index is 0.311. The molecular weight excluding hydrogens is 302 g/mol. The summed E-state index contributed by atoms with van der Waals surface area (Å²) >= 11 is 3.56. The Hall–Kier alpha value is -0.540. The van der Waals surface area contributed by atoms with Crippen LogP contribution in [0.2, 0.25) is 0 Å². The van der Waals surface area contributed by atoms with Crippen molar-refractivity contribution in [1.82, 2.24) is 5.32 Å². The van der Waals surface area contributed by atoms with Gasteiger partial charge in [0.25, 0.3) is 0 Å². The summed E-state index contributed by atoms with van der Waals surface area (Å²) in [7, 11) is 0. The van der Waals surface area contributed by atoms with E-state index in [1.807, 2.05) is 0 Å². The third-order valence-corrected chi connectivity index (χ3v) is 3.44. The van der Waals surface area contributed by atoms with E-state index in [-0.39, 0.29) is 0 Å². The van der Waals surface area contributed by atoms with Gasteiger partial charge in [-0.05, 0) is 43.0 Å². The third-order valence-electron chi connectivity index (χ3n) is 2.98. The summed E-state index contributed by atoms with van der Waals surface area (Å²) in [6.45, 7) is 13.5. The number of nitrogens with one attached hydrogen (secondary N) is 1. The van der Waals surface area contributed by atoms with Gasteiger partial charge in [-0.2, -0.15) is 0 Å². The molecular formula is C16H26BrNO. The summed E-state index contributed by atoms with van der Waals surface area (Å²) in [5.74, 6) is 1.04. The van der Waals surface area contributed by atoms with Crippen LogP contribution >= 0.6 is 15.9 Å². The first-order valence-corrected chi connectivity index (χ1v) is 7.75. The van der Waals surface area contributed by atoms with E-state index in [2.05, 4.69) is 68.0 Å². The minimum atomic E-state index is 0.311. The van der Waals surface area contributed by atoms with Gasteiger partial charge in [-0.25, -0.2) is 0 Å². The van der Waals surface area contributed by atoms with Gasteiger partial charge in [-0.15, -0.1) is 0 Å². The smallest absolute Gasteiger partial charge is 0.126 e. The van der Waals surface area contributed by atoms with E-state index in [0.29, 0.717) is 5.41 Å². The third kappa shape index (κ3) is 5.96. The molecule has 0 saturated heterocycles. The van der Waals surface area contributed by atoms with Crippen molar-refractivity contribution in [3.8, 4) is 5.75 Å².